The third kappa shape index (κ3) is 6.68. The van der Waals surface area contributed by atoms with E-state index in [-0.39, 0.29) is 5.69 Å². The molecule has 49 heavy (non-hydrogen) atoms. The third-order valence-electron chi connectivity index (χ3n) is 7.61. The summed E-state index contributed by atoms with van der Waals surface area (Å²) >= 11 is 2.92. The lowest BCUT2D eigenvalue weighted by Gasteiger charge is -2.17. The Bertz CT molecular complexity index is 2220. The molecule has 240 valence electrons. The summed E-state index contributed by atoms with van der Waals surface area (Å²) in [6.07, 6.45) is 15.0. The van der Waals surface area contributed by atoms with Crippen LogP contribution in [-0.2, 0) is 4.79 Å². The number of pyridine rings is 2. The van der Waals surface area contributed by atoms with Crippen molar-refractivity contribution < 1.29 is 9.59 Å². The molecule has 7 heterocycles. The SMILES string of the molecule is Cc1cccc(-c2[nH]c(-c3ccc(C#N)cc3)nc2C2=CC3=CNSN3C=C2)n1.Cc1cccc(C(=O)C(=O)C2=CC3=CNSN3C=C2)n1. The number of Topliss-reactive ketones (excluding diaryl/α,β-unsaturated/α-hetero) is 2. The maximum absolute atomic E-state index is 12.2. The van der Waals surface area contributed by atoms with Gasteiger partial charge in [0.2, 0.25) is 5.78 Å². The minimum atomic E-state index is -0.586. The Morgan fingerprint density at radius 2 is 1.45 bits per heavy atom. The molecule has 4 aliphatic rings. The molecule has 1 aromatic carbocycles. The number of carbonyl (C=O) groups excluding carboxylic acids is 2. The average molecular weight is 682 g/mol. The second-order valence-corrected chi connectivity index (χ2v) is 12.6. The van der Waals surface area contributed by atoms with E-state index in [0.717, 1.165) is 51.1 Å². The quantitative estimate of drug-likeness (QED) is 0.117. The highest BCUT2D eigenvalue weighted by Gasteiger charge is 2.25. The number of nitriles is 1. The molecule has 0 fully saturated rings. The van der Waals surface area contributed by atoms with Crippen molar-refractivity contribution in [3.05, 3.63) is 155 Å². The Morgan fingerprint density at radius 3 is 2.14 bits per heavy atom. The molecule has 3 N–H and O–H groups in total. The van der Waals surface area contributed by atoms with Crippen molar-refractivity contribution in [3.8, 4) is 28.8 Å². The van der Waals surface area contributed by atoms with E-state index in [1.54, 1.807) is 61.8 Å². The monoisotopic (exact) mass is 681 g/mol. The molecule has 8 rings (SSSR count). The van der Waals surface area contributed by atoms with E-state index in [0.29, 0.717) is 16.8 Å². The Labute approximate surface area is 291 Å². The lowest BCUT2D eigenvalue weighted by Crippen LogP contribution is -2.20. The van der Waals surface area contributed by atoms with Crippen LogP contribution in [0.25, 0.3) is 28.3 Å². The predicted molar refractivity (Wildman–Crippen MR) is 191 cm³/mol. The molecular formula is C36H27N9O2S2. The lowest BCUT2D eigenvalue weighted by atomic mass is 10.0. The zero-order valence-electron chi connectivity index (χ0n) is 26.2. The van der Waals surface area contributed by atoms with Gasteiger partial charge in [-0.1, -0.05) is 12.1 Å². The lowest BCUT2D eigenvalue weighted by molar-refractivity contribution is -0.111. The molecule has 0 spiro atoms. The first kappa shape index (κ1) is 31.5. The van der Waals surface area contributed by atoms with Gasteiger partial charge in [-0.3, -0.25) is 23.2 Å². The molecule has 0 saturated heterocycles. The number of aromatic nitrogens is 4. The Hall–Kier alpha value is -6.10. The standard InChI is InChI=1S/C22H16N6S.C14H11N3O2S/c1-14-3-2-4-19(25-14)21-20(17-9-10-28-18(11-17)13-24-29-28)26-22(27-21)16-7-5-15(12-23)6-8-16;1-9-3-2-4-12(16-9)14(19)13(18)10-5-6-17-11(7-10)8-15-20-17/h2-11,13,24H,1H3,(H,26,27);2-8,15H,1H3. The highest BCUT2D eigenvalue weighted by atomic mass is 32.2. The van der Waals surface area contributed by atoms with Crippen molar-refractivity contribution in [1.82, 2.24) is 38.0 Å². The Balaban J connectivity index is 0.000000166. The first-order chi connectivity index (χ1) is 23.9. The Kier molecular flexibility index (Phi) is 8.72. The zero-order valence-corrected chi connectivity index (χ0v) is 27.8. The second-order valence-electron chi connectivity index (χ2n) is 11.0. The van der Waals surface area contributed by atoms with Crippen LogP contribution in [0.1, 0.15) is 33.1 Å². The van der Waals surface area contributed by atoms with Gasteiger partial charge in [-0.2, -0.15) is 5.26 Å². The largest absolute Gasteiger partial charge is 0.336 e. The van der Waals surface area contributed by atoms with Gasteiger partial charge in [-0.15, -0.1) is 0 Å². The first-order valence-electron chi connectivity index (χ1n) is 15.1. The fourth-order valence-electron chi connectivity index (χ4n) is 5.17. The third-order valence-corrected chi connectivity index (χ3v) is 9.11. The molecule has 11 nitrogen and oxygen atoms in total. The smallest absolute Gasteiger partial charge is 0.251 e. The highest BCUT2D eigenvalue weighted by molar-refractivity contribution is 7.95. The number of allylic oxidation sites excluding steroid dienone is 6. The molecular weight excluding hydrogens is 655 g/mol. The summed E-state index contributed by atoms with van der Waals surface area (Å²) in [4.78, 5) is 41.5. The fraction of sp³-hybridized carbons (Fsp3) is 0.0556. The van der Waals surface area contributed by atoms with Gasteiger partial charge >= 0.3 is 0 Å². The normalized spacial score (nSPS) is 15.3. The van der Waals surface area contributed by atoms with E-state index in [1.165, 1.54) is 24.3 Å². The van der Waals surface area contributed by atoms with E-state index in [2.05, 4.69) is 41.9 Å². The van der Waals surface area contributed by atoms with Crippen molar-refractivity contribution >= 4 is 41.4 Å². The van der Waals surface area contributed by atoms with Gasteiger partial charge in [0.1, 0.15) is 11.5 Å². The van der Waals surface area contributed by atoms with Gasteiger partial charge in [-0.25, -0.2) is 9.97 Å². The molecule has 4 aliphatic heterocycles. The summed E-state index contributed by atoms with van der Waals surface area (Å²) in [5.41, 5.74) is 9.22. The topological polar surface area (TPSA) is 143 Å². The van der Waals surface area contributed by atoms with E-state index < -0.39 is 11.6 Å². The van der Waals surface area contributed by atoms with Gasteiger partial charge < -0.3 is 14.4 Å². The summed E-state index contributed by atoms with van der Waals surface area (Å²) < 4.78 is 10.0. The van der Waals surface area contributed by atoms with Gasteiger partial charge in [0, 0.05) is 52.9 Å². The van der Waals surface area contributed by atoms with Crippen molar-refractivity contribution in [1.29, 1.82) is 5.26 Å². The van der Waals surface area contributed by atoms with Gasteiger partial charge in [0.05, 0.1) is 64.4 Å². The predicted octanol–water partition coefficient (Wildman–Crippen LogP) is 6.44. The number of nitrogens with zero attached hydrogens (tertiary/aromatic N) is 6. The van der Waals surface area contributed by atoms with Crippen LogP contribution in [0.5, 0.6) is 0 Å². The number of carbonyl (C=O) groups is 2. The number of fused-ring (bicyclic) bond motifs is 2. The van der Waals surface area contributed by atoms with Crippen LogP contribution in [0.2, 0.25) is 0 Å². The van der Waals surface area contributed by atoms with Crippen molar-refractivity contribution in [3.63, 3.8) is 0 Å². The minimum Gasteiger partial charge on any atom is -0.336 e. The number of ketones is 2. The van der Waals surface area contributed by atoms with Crippen molar-refractivity contribution in [2.45, 2.75) is 13.8 Å². The summed E-state index contributed by atoms with van der Waals surface area (Å²) in [5.74, 6) is -0.388. The summed E-state index contributed by atoms with van der Waals surface area (Å²) in [7, 11) is 0. The summed E-state index contributed by atoms with van der Waals surface area (Å²) in [6, 6.07) is 20.6. The number of imidazole rings is 1. The van der Waals surface area contributed by atoms with Gasteiger partial charge in [0.25, 0.3) is 5.78 Å². The minimum absolute atomic E-state index is 0.180. The molecule has 4 aromatic rings. The van der Waals surface area contributed by atoms with Crippen LogP contribution < -0.4 is 9.44 Å². The number of hydrogen-bond donors (Lipinski definition) is 3. The number of H-pyrrole nitrogens is 1. The average Bonchev–Trinajstić information content (AvgIpc) is 3.91. The molecule has 0 unspecified atom stereocenters. The molecule has 13 heteroatoms. The molecule has 0 amide bonds. The number of benzene rings is 1. The van der Waals surface area contributed by atoms with E-state index in [9.17, 15) is 9.59 Å². The molecule has 0 saturated carbocycles. The number of aryl methyl sites for hydroxylation is 2. The number of hydrogen-bond acceptors (Lipinski definition) is 12. The maximum Gasteiger partial charge on any atom is 0.251 e. The van der Waals surface area contributed by atoms with Crippen molar-refractivity contribution in [2.24, 2.45) is 0 Å². The van der Waals surface area contributed by atoms with Crippen molar-refractivity contribution in [2.75, 3.05) is 0 Å². The van der Waals surface area contributed by atoms with Crippen LogP contribution in [0.4, 0.5) is 0 Å². The highest BCUT2D eigenvalue weighted by Crippen LogP contribution is 2.36. The maximum atomic E-state index is 12.2. The van der Waals surface area contributed by atoms with E-state index in [1.807, 2.05) is 54.0 Å². The molecule has 0 atom stereocenters. The van der Waals surface area contributed by atoms with Crippen LogP contribution in [0, 0.1) is 25.2 Å². The number of rotatable bonds is 6. The summed E-state index contributed by atoms with van der Waals surface area (Å²) in [6.45, 7) is 3.76. The summed E-state index contributed by atoms with van der Waals surface area (Å²) in [5, 5.41) is 9.05. The molecule has 0 aliphatic carbocycles. The first-order valence-corrected chi connectivity index (χ1v) is 16.6. The Morgan fingerprint density at radius 1 is 0.776 bits per heavy atom. The molecule has 3 aromatic heterocycles. The van der Waals surface area contributed by atoms with Crippen LogP contribution in [0.15, 0.2) is 127 Å². The van der Waals surface area contributed by atoms with Crippen LogP contribution in [-0.4, -0.2) is 40.1 Å². The number of nitrogens with one attached hydrogen (secondary N) is 3. The number of aromatic amines is 1. The van der Waals surface area contributed by atoms with Crippen LogP contribution >= 0.6 is 24.3 Å². The molecule has 0 bridgehead atoms. The second kappa shape index (κ2) is 13.6. The van der Waals surface area contributed by atoms with Gasteiger partial charge in [-0.05, 0) is 86.7 Å². The van der Waals surface area contributed by atoms with Crippen LogP contribution in [0.3, 0.4) is 0 Å². The van der Waals surface area contributed by atoms with E-state index in [4.69, 9.17) is 15.2 Å². The fourth-order valence-corrected chi connectivity index (χ4v) is 6.41. The van der Waals surface area contributed by atoms with Gasteiger partial charge in [0.15, 0.2) is 0 Å². The van der Waals surface area contributed by atoms with E-state index >= 15 is 0 Å². The molecule has 0 radical (unpaired) electrons. The zero-order chi connectivity index (χ0) is 33.9.